The minimum atomic E-state index is -0.106. The average molecular weight is 367 g/mol. The molecule has 0 unspecified atom stereocenters. The molecule has 0 bridgehead atoms. The fourth-order valence-corrected chi connectivity index (χ4v) is 2.92. The van der Waals surface area contributed by atoms with Crippen LogP contribution in [0.3, 0.4) is 0 Å². The molecule has 3 rings (SSSR count). The Balaban J connectivity index is 1.84. The number of fused-ring (bicyclic) bond motifs is 1. The first-order valence-corrected chi connectivity index (χ1v) is 9.07. The summed E-state index contributed by atoms with van der Waals surface area (Å²) in [6.45, 7) is 6.49. The van der Waals surface area contributed by atoms with Crippen molar-refractivity contribution >= 4 is 17.1 Å². The van der Waals surface area contributed by atoms with E-state index in [0.29, 0.717) is 31.2 Å². The second-order valence-corrected chi connectivity index (χ2v) is 6.90. The van der Waals surface area contributed by atoms with Crippen LogP contribution in [0, 0.1) is 5.92 Å². The summed E-state index contributed by atoms with van der Waals surface area (Å²) in [5.74, 6) is 0.388. The molecule has 0 aromatic carbocycles. The molecule has 0 spiro atoms. The third-order valence-corrected chi connectivity index (χ3v) is 4.20. The summed E-state index contributed by atoms with van der Waals surface area (Å²) < 4.78 is 7.18. The molecule has 3 aromatic rings. The molecule has 3 heterocycles. The first kappa shape index (κ1) is 19.0. The maximum atomic E-state index is 13.1. The zero-order valence-electron chi connectivity index (χ0n) is 16.0. The fourth-order valence-electron chi connectivity index (χ4n) is 2.92. The van der Waals surface area contributed by atoms with Gasteiger partial charge in [-0.2, -0.15) is 0 Å². The first-order chi connectivity index (χ1) is 13.1. The van der Waals surface area contributed by atoms with Gasteiger partial charge in [0.05, 0.1) is 30.7 Å². The van der Waals surface area contributed by atoms with Crippen LogP contribution in [0.1, 0.15) is 29.9 Å². The summed E-state index contributed by atoms with van der Waals surface area (Å²) in [6.07, 6.45) is 5.13. The van der Waals surface area contributed by atoms with E-state index < -0.39 is 0 Å². The Bertz CT molecular complexity index is 892. The van der Waals surface area contributed by atoms with Crippen LogP contribution in [-0.2, 0) is 17.8 Å². The van der Waals surface area contributed by atoms with Gasteiger partial charge in [-0.05, 0) is 24.1 Å². The number of hydrogen-bond donors (Lipinski definition) is 0. The topological polar surface area (TPSA) is 73.1 Å². The van der Waals surface area contributed by atoms with Crippen LogP contribution in [0.5, 0.6) is 0 Å². The van der Waals surface area contributed by atoms with Gasteiger partial charge in [-0.25, -0.2) is 9.97 Å². The third kappa shape index (κ3) is 4.68. The minimum Gasteiger partial charge on any atom is -0.383 e. The molecule has 1 amide bonds. The van der Waals surface area contributed by atoms with E-state index >= 15 is 0 Å². The summed E-state index contributed by atoms with van der Waals surface area (Å²) in [6, 6.07) is 7.48. The molecule has 7 heteroatoms. The summed E-state index contributed by atoms with van der Waals surface area (Å²) in [4.78, 5) is 28.0. The number of hydrogen-bond acceptors (Lipinski definition) is 5. The van der Waals surface area contributed by atoms with Gasteiger partial charge >= 0.3 is 0 Å². The van der Waals surface area contributed by atoms with Crippen molar-refractivity contribution in [3.63, 3.8) is 0 Å². The van der Waals surface area contributed by atoms with E-state index in [1.807, 2.05) is 22.8 Å². The normalized spacial score (nSPS) is 11.3. The largest absolute Gasteiger partial charge is 0.383 e. The van der Waals surface area contributed by atoms with Crippen LogP contribution in [0.2, 0.25) is 0 Å². The van der Waals surface area contributed by atoms with Crippen LogP contribution >= 0.6 is 0 Å². The molecule has 0 atom stereocenters. The Labute approximate surface area is 159 Å². The molecule has 0 radical (unpaired) electrons. The number of nitrogens with zero attached hydrogens (tertiary/aromatic N) is 5. The van der Waals surface area contributed by atoms with Crippen LogP contribution in [0.15, 0.2) is 43.0 Å². The van der Waals surface area contributed by atoms with Gasteiger partial charge in [0.25, 0.3) is 5.91 Å². The highest BCUT2D eigenvalue weighted by molar-refractivity contribution is 5.96. The van der Waals surface area contributed by atoms with E-state index in [1.54, 1.807) is 36.8 Å². The number of carbonyl (C=O) groups excluding carboxylic acids is 1. The van der Waals surface area contributed by atoms with E-state index in [2.05, 4.69) is 28.8 Å². The lowest BCUT2D eigenvalue weighted by molar-refractivity contribution is 0.0677. The smallest absolute Gasteiger partial charge is 0.255 e. The monoisotopic (exact) mass is 367 g/mol. The SMILES string of the molecule is COCCN(Cc1ccccn1)C(=O)c1cnc2c(c1)ncn2CC(C)C. The highest BCUT2D eigenvalue weighted by atomic mass is 16.5. The van der Waals surface area contributed by atoms with Crippen molar-refractivity contribution < 1.29 is 9.53 Å². The van der Waals surface area contributed by atoms with Gasteiger partial charge in [0.15, 0.2) is 5.65 Å². The molecule has 0 saturated carbocycles. The van der Waals surface area contributed by atoms with Crippen molar-refractivity contribution in [3.8, 4) is 0 Å². The molecular formula is C20H25N5O2. The van der Waals surface area contributed by atoms with Crippen molar-refractivity contribution in [2.75, 3.05) is 20.3 Å². The molecular weight excluding hydrogens is 342 g/mol. The Morgan fingerprint density at radius 3 is 2.81 bits per heavy atom. The lowest BCUT2D eigenvalue weighted by Crippen LogP contribution is -2.33. The molecule has 0 aliphatic carbocycles. The quantitative estimate of drug-likeness (QED) is 0.612. The molecule has 27 heavy (non-hydrogen) atoms. The van der Waals surface area contributed by atoms with E-state index in [9.17, 15) is 4.79 Å². The van der Waals surface area contributed by atoms with E-state index in [0.717, 1.165) is 23.4 Å². The van der Waals surface area contributed by atoms with E-state index in [-0.39, 0.29) is 5.91 Å². The summed E-state index contributed by atoms with van der Waals surface area (Å²) in [5, 5.41) is 0. The van der Waals surface area contributed by atoms with Gasteiger partial charge in [-0.1, -0.05) is 19.9 Å². The second kappa shape index (κ2) is 8.73. The van der Waals surface area contributed by atoms with Gasteiger partial charge in [0, 0.05) is 32.6 Å². The van der Waals surface area contributed by atoms with Gasteiger partial charge in [0.1, 0.15) is 5.52 Å². The molecule has 0 fully saturated rings. The second-order valence-electron chi connectivity index (χ2n) is 6.90. The maximum absolute atomic E-state index is 13.1. The van der Waals surface area contributed by atoms with Crippen molar-refractivity contribution in [1.82, 2.24) is 24.4 Å². The van der Waals surface area contributed by atoms with Crippen molar-refractivity contribution in [2.24, 2.45) is 5.92 Å². The van der Waals surface area contributed by atoms with Gasteiger partial charge in [0.2, 0.25) is 0 Å². The lowest BCUT2D eigenvalue weighted by Gasteiger charge is -2.22. The highest BCUT2D eigenvalue weighted by Gasteiger charge is 2.18. The molecule has 142 valence electrons. The summed E-state index contributed by atoms with van der Waals surface area (Å²) in [7, 11) is 1.62. The van der Waals surface area contributed by atoms with Crippen molar-refractivity contribution in [2.45, 2.75) is 26.9 Å². The van der Waals surface area contributed by atoms with Crippen LogP contribution < -0.4 is 0 Å². The Hall–Kier alpha value is -2.80. The molecule has 0 aliphatic rings. The number of aromatic nitrogens is 4. The Morgan fingerprint density at radius 2 is 2.11 bits per heavy atom. The van der Waals surface area contributed by atoms with Crippen LogP contribution in [-0.4, -0.2) is 50.6 Å². The van der Waals surface area contributed by atoms with Gasteiger partial charge < -0.3 is 14.2 Å². The predicted octanol–water partition coefficient (Wildman–Crippen LogP) is 2.77. The average Bonchev–Trinajstić information content (AvgIpc) is 3.06. The lowest BCUT2D eigenvalue weighted by atomic mass is 10.2. The maximum Gasteiger partial charge on any atom is 0.255 e. The third-order valence-electron chi connectivity index (χ3n) is 4.20. The fraction of sp³-hybridized carbons (Fsp3) is 0.400. The van der Waals surface area contributed by atoms with Gasteiger partial charge in [-0.3, -0.25) is 9.78 Å². The number of imidazole rings is 1. The van der Waals surface area contributed by atoms with Crippen molar-refractivity contribution in [1.29, 1.82) is 0 Å². The van der Waals surface area contributed by atoms with Crippen LogP contribution in [0.25, 0.3) is 11.2 Å². The number of pyridine rings is 2. The minimum absolute atomic E-state index is 0.106. The zero-order valence-corrected chi connectivity index (χ0v) is 16.0. The highest BCUT2D eigenvalue weighted by Crippen LogP contribution is 2.16. The Morgan fingerprint density at radius 1 is 1.26 bits per heavy atom. The van der Waals surface area contributed by atoms with Gasteiger partial charge in [-0.15, -0.1) is 0 Å². The molecule has 0 N–H and O–H groups in total. The standard InChI is InChI=1S/C20H25N5O2/c1-15(2)12-25-14-23-18-10-16(11-22-19(18)25)20(26)24(8-9-27-3)13-17-6-4-5-7-21-17/h4-7,10-11,14-15H,8-9,12-13H2,1-3H3. The first-order valence-electron chi connectivity index (χ1n) is 9.07. The molecule has 7 nitrogen and oxygen atoms in total. The summed E-state index contributed by atoms with van der Waals surface area (Å²) >= 11 is 0. The number of methoxy groups -OCH3 is 1. The number of ether oxygens (including phenoxy) is 1. The zero-order chi connectivity index (χ0) is 19.2. The van der Waals surface area contributed by atoms with Crippen LogP contribution in [0.4, 0.5) is 0 Å². The molecule has 0 aliphatic heterocycles. The van der Waals surface area contributed by atoms with E-state index in [1.165, 1.54) is 0 Å². The summed E-state index contributed by atoms with van der Waals surface area (Å²) in [5.41, 5.74) is 2.88. The number of amides is 1. The van der Waals surface area contributed by atoms with Crippen molar-refractivity contribution in [3.05, 3.63) is 54.2 Å². The molecule has 0 saturated heterocycles. The Kier molecular flexibility index (Phi) is 6.13. The predicted molar refractivity (Wildman–Crippen MR) is 103 cm³/mol. The number of carbonyl (C=O) groups is 1. The van der Waals surface area contributed by atoms with E-state index in [4.69, 9.17) is 4.74 Å². The molecule has 3 aromatic heterocycles. The number of rotatable bonds is 8.